The number of allylic oxidation sites excluding steroid dienone is 1. The third-order valence-electron chi connectivity index (χ3n) is 6.04. The van der Waals surface area contributed by atoms with Gasteiger partial charge in [0.2, 0.25) is 5.96 Å². The number of rotatable bonds is 5. The highest BCUT2D eigenvalue weighted by Crippen LogP contribution is 2.35. The summed E-state index contributed by atoms with van der Waals surface area (Å²) in [5.74, 6) is 0.717. The van der Waals surface area contributed by atoms with Crippen LogP contribution >= 0.6 is 11.6 Å². The Labute approximate surface area is 221 Å². The first-order valence-corrected chi connectivity index (χ1v) is 12.1. The summed E-state index contributed by atoms with van der Waals surface area (Å²) in [4.78, 5) is 27.0. The van der Waals surface area contributed by atoms with Crippen molar-refractivity contribution in [1.82, 2.24) is 25.5 Å². The smallest absolute Gasteiger partial charge is 0.302 e. The van der Waals surface area contributed by atoms with E-state index in [9.17, 15) is 4.79 Å². The Morgan fingerprint density at radius 3 is 2.58 bits per heavy atom. The van der Waals surface area contributed by atoms with E-state index < -0.39 is 6.04 Å². The number of benzene rings is 3. The average Bonchev–Trinajstić information content (AvgIpc) is 3.59. The van der Waals surface area contributed by atoms with E-state index in [1.807, 2.05) is 61.5 Å². The molecule has 188 valence electrons. The molecule has 3 heterocycles. The van der Waals surface area contributed by atoms with Crippen LogP contribution in [-0.4, -0.2) is 32.0 Å². The maximum Gasteiger partial charge on any atom is 0.302 e. The summed E-state index contributed by atoms with van der Waals surface area (Å²) < 4.78 is 5.79. The molecule has 1 aliphatic heterocycles. The second kappa shape index (κ2) is 9.83. The van der Waals surface area contributed by atoms with E-state index in [4.69, 9.17) is 21.0 Å². The van der Waals surface area contributed by atoms with E-state index in [0.29, 0.717) is 44.9 Å². The number of carbonyl (C=O) groups excluding carboxylic acids is 1. The number of guanidine groups is 1. The van der Waals surface area contributed by atoms with Gasteiger partial charge in [-0.15, -0.1) is 0 Å². The van der Waals surface area contributed by atoms with Crippen molar-refractivity contribution in [2.45, 2.75) is 13.0 Å². The summed E-state index contributed by atoms with van der Waals surface area (Å²) in [7, 11) is 0. The average molecular weight is 525 g/mol. The van der Waals surface area contributed by atoms with Gasteiger partial charge in [-0.1, -0.05) is 41.9 Å². The first kappa shape index (κ1) is 23.4. The lowest BCUT2D eigenvalue weighted by Crippen LogP contribution is -2.37. The van der Waals surface area contributed by atoms with Crippen molar-refractivity contribution in [3.05, 3.63) is 101 Å². The standard InChI is InChI=1S/C27H21ClN8O2/c1-15-22(25(37)32-17-12-10-16(11-13-17)24-29-14-30-36-24)23(18-6-2-3-7-19(18)28)34-26(31-15)35-27-33-20-8-4-5-9-21(20)38-27/h2-14,23H,1H3,(H,32,37)(H,29,30,36)(H2,31,33,34,35). The van der Waals surface area contributed by atoms with Crippen LogP contribution in [0.5, 0.6) is 0 Å². The third kappa shape index (κ3) is 4.60. The molecule has 1 aliphatic rings. The van der Waals surface area contributed by atoms with E-state index in [1.54, 1.807) is 18.2 Å². The molecule has 5 aromatic rings. The minimum atomic E-state index is -0.676. The lowest BCUT2D eigenvalue weighted by Gasteiger charge is -2.27. The molecular weight excluding hydrogens is 504 g/mol. The molecule has 1 unspecified atom stereocenters. The van der Waals surface area contributed by atoms with Gasteiger partial charge in [-0.2, -0.15) is 10.1 Å². The number of fused-ring (bicyclic) bond motifs is 1. The molecule has 0 saturated carbocycles. The number of anilines is 2. The molecular formula is C27H21ClN8O2. The van der Waals surface area contributed by atoms with Crippen molar-refractivity contribution in [2.75, 3.05) is 10.6 Å². The number of aromatic amines is 1. The molecule has 0 radical (unpaired) electrons. The monoisotopic (exact) mass is 524 g/mol. The summed E-state index contributed by atoms with van der Waals surface area (Å²) in [5.41, 5.74) is 4.57. The van der Waals surface area contributed by atoms with Crippen molar-refractivity contribution >= 4 is 46.3 Å². The number of H-pyrrole nitrogens is 1. The molecule has 38 heavy (non-hydrogen) atoms. The number of carbonyl (C=O) groups is 1. The van der Waals surface area contributed by atoms with Gasteiger partial charge in [0.15, 0.2) is 11.4 Å². The van der Waals surface area contributed by atoms with Crippen LogP contribution in [0.2, 0.25) is 5.02 Å². The SMILES string of the molecule is CC1=C(C(=O)Nc2ccc(-c3ncn[nH]3)cc2)C(c2ccccc2Cl)N=C(Nc2nc3ccccc3o2)N1. The molecule has 10 nitrogen and oxygen atoms in total. The fourth-order valence-electron chi connectivity index (χ4n) is 4.24. The number of para-hydroxylation sites is 2. The van der Waals surface area contributed by atoms with E-state index in [2.05, 4.69) is 36.1 Å². The summed E-state index contributed by atoms with van der Waals surface area (Å²) in [6.45, 7) is 1.81. The number of halogens is 1. The van der Waals surface area contributed by atoms with Gasteiger partial charge >= 0.3 is 6.01 Å². The van der Waals surface area contributed by atoms with E-state index >= 15 is 0 Å². The van der Waals surface area contributed by atoms with E-state index in [0.717, 1.165) is 11.1 Å². The topological polar surface area (TPSA) is 133 Å². The number of hydrogen-bond acceptors (Lipinski definition) is 8. The normalized spacial score (nSPS) is 15.2. The lowest BCUT2D eigenvalue weighted by molar-refractivity contribution is -0.113. The van der Waals surface area contributed by atoms with Crippen LogP contribution in [0.25, 0.3) is 22.5 Å². The van der Waals surface area contributed by atoms with Gasteiger partial charge in [0, 0.05) is 27.5 Å². The fourth-order valence-corrected chi connectivity index (χ4v) is 4.48. The van der Waals surface area contributed by atoms with E-state index in [-0.39, 0.29) is 11.9 Å². The Kier molecular flexibility index (Phi) is 6.06. The Hall–Kier alpha value is -4.96. The maximum atomic E-state index is 13.6. The van der Waals surface area contributed by atoms with Gasteiger partial charge in [0.1, 0.15) is 17.9 Å². The van der Waals surface area contributed by atoms with Crippen LogP contribution in [0.3, 0.4) is 0 Å². The van der Waals surface area contributed by atoms with Crippen molar-refractivity contribution in [1.29, 1.82) is 0 Å². The number of nitrogens with zero attached hydrogens (tertiary/aromatic N) is 4. The van der Waals surface area contributed by atoms with Crippen LogP contribution < -0.4 is 16.0 Å². The van der Waals surface area contributed by atoms with Gasteiger partial charge in [-0.25, -0.2) is 9.98 Å². The highest BCUT2D eigenvalue weighted by Gasteiger charge is 2.31. The first-order valence-electron chi connectivity index (χ1n) is 11.7. The highest BCUT2D eigenvalue weighted by atomic mass is 35.5. The molecule has 11 heteroatoms. The number of aromatic nitrogens is 4. The fraction of sp³-hybridized carbons (Fsp3) is 0.0741. The molecule has 3 aromatic carbocycles. The molecule has 0 bridgehead atoms. The van der Waals surface area contributed by atoms with Gasteiger partial charge < -0.3 is 15.1 Å². The lowest BCUT2D eigenvalue weighted by atomic mass is 9.95. The quantitative estimate of drug-likeness (QED) is 0.245. The van der Waals surface area contributed by atoms with Crippen molar-refractivity contribution < 1.29 is 9.21 Å². The van der Waals surface area contributed by atoms with E-state index in [1.165, 1.54) is 6.33 Å². The van der Waals surface area contributed by atoms with Crippen molar-refractivity contribution in [3.8, 4) is 11.4 Å². The molecule has 2 aromatic heterocycles. The highest BCUT2D eigenvalue weighted by molar-refractivity contribution is 6.31. The Bertz CT molecular complexity index is 1660. The molecule has 0 fully saturated rings. The molecule has 0 spiro atoms. The van der Waals surface area contributed by atoms with Crippen LogP contribution in [0, 0.1) is 0 Å². The molecule has 6 rings (SSSR count). The van der Waals surface area contributed by atoms with Crippen molar-refractivity contribution in [2.24, 2.45) is 4.99 Å². The minimum absolute atomic E-state index is 0.280. The largest absolute Gasteiger partial charge is 0.423 e. The molecule has 1 amide bonds. The summed E-state index contributed by atoms with van der Waals surface area (Å²) in [5, 5.41) is 16.4. The van der Waals surface area contributed by atoms with Gasteiger partial charge in [-0.3, -0.25) is 15.2 Å². The maximum absolute atomic E-state index is 13.6. The molecule has 0 saturated heterocycles. The molecule has 0 aliphatic carbocycles. The third-order valence-corrected chi connectivity index (χ3v) is 6.38. The van der Waals surface area contributed by atoms with Gasteiger partial charge in [0.05, 0.1) is 5.57 Å². The first-order chi connectivity index (χ1) is 18.5. The number of nitrogens with one attached hydrogen (secondary N) is 4. The van der Waals surface area contributed by atoms with Crippen LogP contribution in [-0.2, 0) is 4.79 Å². The van der Waals surface area contributed by atoms with Crippen molar-refractivity contribution in [3.63, 3.8) is 0 Å². The van der Waals surface area contributed by atoms with Gasteiger partial charge in [-0.05, 0) is 49.4 Å². The zero-order valence-corrected chi connectivity index (χ0v) is 20.8. The summed E-state index contributed by atoms with van der Waals surface area (Å²) in [6, 6.07) is 21.7. The zero-order chi connectivity index (χ0) is 26.1. The summed E-state index contributed by atoms with van der Waals surface area (Å²) in [6.07, 6.45) is 1.44. The van der Waals surface area contributed by atoms with Crippen LogP contribution in [0.1, 0.15) is 18.5 Å². The van der Waals surface area contributed by atoms with Crippen LogP contribution in [0.15, 0.2) is 99.8 Å². The second-order valence-corrected chi connectivity index (χ2v) is 8.95. The number of aliphatic imine (C=N–C) groups is 1. The second-order valence-electron chi connectivity index (χ2n) is 8.54. The molecule has 1 atom stereocenters. The number of amides is 1. The summed E-state index contributed by atoms with van der Waals surface area (Å²) >= 11 is 6.55. The predicted octanol–water partition coefficient (Wildman–Crippen LogP) is 5.29. The Balaban J connectivity index is 1.29. The zero-order valence-electron chi connectivity index (χ0n) is 20.1. The minimum Gasteiger partial charge on any atom is -0.423 e. The number of hydrogen-bond donors (Lipinski definition) is 4. The van der Waals surface area contributed by atoms with Crippen LogP contribution in [0.4, 0.5) is 11.7 Å². The van der Waals surface area contributed by atoms with Gasteiger partial charge in [0.25, 0.3) is 5.91 Å². The molecule has 4 N–H and O–H groups in total. The Morgan fingerprint density at radius 2 is 1.82 bits per heavy atom. The predicted molar refractivity (Wildman–Crippen MR) is 146 cm³/mol. The number of oxazole rings is 1. The Morgan fingerprint density at radius 1 is 1.03 bits per heavy atom.